The Labute approximate surface area is 160 Å². The summed E-state index contributed by atoms with van der Waals surface area (Å²) in [6.07, 6.45) is -4.37. The highest BCUT2D eigenvalue weighted by Gasteiger charge is 2.30. The van der Waals surface area contributed by atoms with Gasteiger partial charge in [-0.2, -0.15) is 13.2 Å². The van der Waals surface area contributed by atoms with Crippen LogP contribution in [-0.4, -0.2) is 0 Å². The first-order chi connectivity index (χ1) is 12.4. The molecular weight excluding hydrogens is 379 g/mol. The van der Waals surface area contributed by atoms with E-state index < -0.39 is 11.7 Å². The van der Waals surface area contributed by atoms with Crippen LogP contribution < -0.4 is 15.2 Å². The van der Waals surface area contributed by atoms with Crippen LogP contribution in [0.25, 0.3) is 0 Å². The number of halogens is 4. The molecule has 0 atom stereocenters. The summed E-state index contributed by atoms with van der Waals surface area (Å²) in [6, 6.07) is 19.0. The highest BCUT2D eigenvalue weighted by Crippen LogP contribution is 2.30. The number of hydrogen-bond donors (Lipinski definition) is 1. The number of ether oxygens (including phenoxy) is 2. The summed E-state index contributed by atoms with van der Waals surface area (Å²) in [7, 11) is 0. The van der Waals surface area contributed by atoms with Crippen LogP contribution in [0.2, 0.25) is 0 Å². The summed E-state index contributed by atoms with van der Waals surface area (Å²) in [4.78, 5) is 0. The van der Waals surface area contributed by atoms with Gasteiger partial charge in [0.05, 0.1) is 11.3 Å². The van der Waals surface area contributed by atoms with Gasteiger partial charge in [0.25, 0.3) is 0 Å². The van der Waals surface area contributed by atoms with E-state index in [2.05, 4.69) is 0 Å². The molecule has 3 aromatic carbocycles. The number of rotatable bonds is 5. The Kier molecular flexibility index (Phi) is 6.58. The molecule has 0 saturated carbocycles. The van der Waals surface area contributed by atoms with Gasteiger partial charge < -0.3 is 15.2 Å². The molecule has 0 spiro atoms. The molecule has 27 heavy (non-hydrogen) atoms. The molecule has 0 heterocycles. The van der Waals surface area contributed by atoms with Gasteiger partial charge in [-0.3, -0.25) is 0 Å². The second-order valence-corrected chi connectivity index (χ2v) is 5.60. The molecule has 0 radical (unpaired) electrons. The third-order valence-electron chi connectivity index (χ3n) is 3.63. The number of alkyl halides is 3. The zero-order valence-electron chi connectivity index (χ0n) is 14.1. The van der Waals surface area contributed by atoms with Gasteiger partial charge in [-0.25, -0.2) is 0 Å². The van der Waals surface area contributed by atoms with Crippen molar-refractivity contribution in [1.29, 1.82) is 0 Å². The van der Waals surface area contributed by atoms with Crippen molar-refractivity contribution in [2.75, 3.05) is 5.73 Å². The third kappa shape index (κ3) is 5.56. The lowest BCUT2D eigenvalue weighted by Crippen LogP contribution is -2.06. The van der Waals surface area contributed by atoms with Crippen LogP contribution in [0.5, 0.6) is 17.2 Å². The van der Waals surface area contributed by atoms with E-state index in [1.165, 1.54) is 6.07 Å². The number of hydrogen-bond acceptors (Lipinski definition) is 3. The van der Waals surface area contributed by atoms with Crippen LogP contribution in [0.3, 0.4) is 0 Å². The molecule has 7 heteroatoms. The van der Waals surface area contributed by atoms with Crippen LogP contribution >= 0.6 is 12.4 Å². The summed E-state index contributed by atoms with van der Waals surface area (Å²) in [6.45, 7) is 0.0375. The average Bonchev–Trinajstić information content (AvgIpc) is 2.63. The number of benzene rings is 3. The van der Waals surface area contributed by atoms with Crippen molar-refractivity contribution in [2.45, 2.75) is 12.8 Å². The topological polar surface area (TPSA) is 44.5 Å². The fourth-order valence-electron chi connectivity index (χ4n) is 2.31. The fraction of sp³-hybridized carbons (Fsp3) is 0.100. The van der Waals surface area contributed by atoms with E-state index in [4.69, 9.17) is 15.2 Å². The molecule has 0 aliphatic heterocycles. The Morgan fingerprint density at radius 3 is 2.15 bits per heavy atom. The zero-order chi connectivity index (χ0) is 18.6. The molecule has 0 saturated heterocycles. The monoisotopic (exact) mass is 395 g/mol. The van der Waals surface area contributed by atoms with Crippen molar-refractivity contribution in [1.82, 2.24) is 0 Å². The molecule has 0 aromatic heterocycles. The second kappa shape index (κ2) is 8.68. The number of anilines is 1. The van der Waals surface area contributed by atoms with Crippen molar-refractivity contribution >= 4 is 18.1 Å². The van der Waals surface area contributed by atoms with Gasteiger partial charge in [-0.1, -0.05) is 24.3 Å². The van der Waals surface area contributed by atoms with E-state index in [9.17, 15) is 13.2 Å². The third-order valence-corrected chi connectivity index (χ3v) is 3.63. The quantitative estimate of drug-likeness (QED) is 0.532. The van der Waals surface area contributed by atoms with Gasteiger partial charge in [0.2, 0.25) is 0 Å². The second-order valence-electron chi connectivity index (χ2n) is 5.60. The molecule has 142 valence electrons. The summed E-state index contributed by atoms with van der Waals surface area (Å²) in [5.41, 5.74) is 6.10. The maximum Gasteiger partial charge on any atom is 0.416 e. The van der Waals surface area contributed by atoms with E-state index in [1.54, 1.807) is 42.5 Å². The maximum atomic E-state index is 12.7. The van der Waals surface area contributed by atoms with Crippen molar-refractivity contribution in [3.05, 3.63) is 83.9 Å². The van der Waals surface area contributed by atoms with Crippen LogP contribution in [0.15, 0.2) is 72.8 Å². The molecule has 0 aliphatic carbocycles. The summed E-state index contributed by atoms with van der Waals surface area (Å²) in [5, 5.41) is 0. The first kappa shape index (κ1) is 20.5. The van der Waals surface area contributed by atoms with E-state index in [-0.39, 0.29) is 19.0 Å². The van der Waals surface area contributed by atoms with Crippen molar-refractivity contribution in [3.8, 4) is 17.2 Å². The fourth-order valence-corrected chi connectivity index (χ4v) is 2.31. The molecular formula is C20H17ClF3NO2. The van der Waals surface area contributed by atoms with Crippen LogP contribution in [-0.2, 0) is 12.8 Å². The molecule has 0 bridgehead atoms. The molecule has 0 fully saturated rings. The Morgan fingerprint density at radius 2 is 1.48 bits per heavy atom. The van der Waals surface area contributed by atoms with Gasteiger partial charge in [-0.05, 0) is 54.1 Å². The molecule has 3 nitrogen and oxygen atoms in total. The molecule has 3 aromatic rings. The number of nitrogen functional groups attached to an aromatic ring is 1. The van der Waals surface area contributed by atoms with E-state index in [0.29, 0.717) is 28.5 Å². The predicted molar refractivity (Wildman–Crippen MR) is 100 cm³/mol. The smallest absolute Gasteiger partial charge is 0.416 e. The Morgan fingerprint density at radius 1 is 0.815 bits per heavy atom. The highest BCUT2D eigenvalue weighted by molar-refractivity contribution is 5.85. The molecule has 0 aliphatic rings. The first-order valence-electron chi connectivity index (χ1n) is 7.83. The molecule has 0 unspecified atom stereocenters. The van der Waals surface area contributed by atoms with Crippen LogP contribution in [0.1, 0.15) is 11.1 Å². The number of para-hydroxylation sites is 2. The van der Waals surface area contributed by atoms with E-state index in [1.807, 2.05) is 12.1 Å². The lowest BCUT2D eigenvalue weighted by Gasteiger charge is -2.11. The Balaban J connectivity index is 0.00000261. The first-order valence-corrected chi connectivity index (χ1v) is 7.83. The average molecular weight is 396 g/mol. The van der Waals surface area contributed by atoms with Gasteiger partial charge in [0, 0.05) is 0 Å². The SMILES string of the molecule is Cl.Nc1ccccc1Oc1ccc(OCc2cccc(C(F)(F)F)c2)cc1. The van der Waals surface area contributed by atoms with Crippen molar-refractivity contribution < 1.29 is 22.6 Å². The predicted octanol–water partition coefficient (Wildman–Crippen LogP) is 6.08. The van der Waals surface area contributed by atoms with Gasteiger partial charge in [0.1, 0.15) is 23.9 Å². The summed E-state index contributed by atoms with van der Waals surface area (Å²) < 4.78 is 49.4. The van der Waals surface area contributed by atoms with Crippen LogP contribution in [0, 0.1) is 0 Å². The molecule has 0 amide bonds. The minimum absolute atomic E-state index is 0. The summed E-state index contributed by atoms with van der Waals surface area (Å²) in [5.74, 6) is 1.65. The lowest BCUT2D eigenvalue weighted by atomic mass is 10.1. The van der Waals surface area contributed by atoms with Gasteiger partial charge in [-0.15, -0.1) is 12.4 Å². The molecule has 2 N–H and O–H groups in total. The van der Waals surface area contributed by atoms with Gasteiger partial charge in [0.15, 0.2) is 0 Å². The molecule has 3 rings (SSSR count). The minimum Gasteiger partial charge on any atom is -0.489 e. The lowest BCUT2D eigenvalue weighted by molar-refractivity contribution is -0.137. The highest BCUT2D eigenvalue weighted by atomic mass is 35.5. The Bertz CT molecular complexity index is 883. The summed E-state index contributed by atoms with van der Waals surface area (Å²) >= 11 is 0. The van der Waals surface area contributed by atoms with Gasteiger partial charge >= 0.3 is 6.18 Å². The number of nitrogens with two attached hydrogens (primary N) is 1. The van der Waals surface area contributed by atoms with Crippen molar-refractivity contribution in [3.63, 3.8) is 0 Å². The van der Waals surface area contributed by atoms with Crippen molar-refractivity contribution in [2.24, 2.45) is 0 Å². The maximum absolute atomic E-state index is 12.7. The normalized spacial score (nSPS) is 10.8. The standard InChI is InChI=1S/C20H16F3NO2.ClH/c21-20(22,23)15-5-3-4-14(12-15)13-25-16-8-10-17(11-9-16)26-19-7-2-1-6-18(19)24;/h1-12H,13,24H2;1H. The Hall–Kier alpha value is -2.86. The minimum atomic E-state index is -4.37. The zero-order valence-corrected chi connectivity index (χ0v) is 14.9. The van der Waals surface area contributed by atoms with Crippen LogP contribution in [0.4, 0.5) is 18.9 Å². The van der Waals surface area contributed by atoms with E-state index >= 15 is 0 Å². The van der Waals surface area contributed by atoms with E-state index in [0.717, 1.165) is 12.1 Å². The largest absolute Gasteiger partial charge is 0.489 e.